The largest absolute Gasteiger partial charge is 0.478 e. The van der Waals surface area contributed by atoms with E-state index < -0.39 is 27.6 Å². The minimum atomic E-state index is -4.00. The lowest BCUT2D eigenvalue weighted by Crippen LogP contribution is -2.36. The Hall–Kier alpha value is -2.32. The summed E-state index contributed by atoms with van der Waals surface area (Å²) < 4.78 is 52.7. The van der Waals surface area contributed by atoms with Crippen LogP contribution in [0.4, 0.5) is 8.78 Å². The van der Waals surface area contributed by atoms with Gasteiger partial charge in [-0.1, -0.05) is 6.07 Å². The van der Waals surface area contributed by atoms with E-state index in [0.717, 1.165) is 22.0 Å². The Morgan fingerprint density at radius 3 is 2.46 bits per heavy atom. The first-order valence-electron chi connectivity index (χ1n) is 7.09. The lowest BCUT2D eigenvalue weighted by molar-refractivity contribution is 0.0696. The second-order valence-corrected chi connectivity index (χ2v) is 7.39. The van der Waals surface area contributed by atoms with Crippen LogP contribution in [0.15, 0.2) is 41.3 Å². The molecule has 8 heteroatoms. The molecule has 0 bridgehead atoms. The highest BCUT2D eigenvalue weighted by atomic mass is 32.2. The topological polar surface area (TPSA) is 74.7 Å². The molecule has 5 nitrogen and oxygen atoms in total. The fraction of sp³-hybridized carbons (Fsp3) is 0.188. The van der Waals surface area contributed by atoms with Gasteiger partial charge in [0.2, 0.25) is 10.0 Å². The fourth-order valence-corrected chi connectivity index (χ4v) is 4.09. The van der Waals surface area contributed by atoms with E-state index in [0.29, 0.717) is 18.1 Å². The zero-order valence-electron chi connectivity index (χ0n) is 12.4. The number of benzene rings is 2. The highest BCUT2D eigenvalue weighted by molar-refractivity contribution is 7.89. The van der Waals surface area contributed by atoms with E-state index in [-0.39, 0.29) is 23.5 Å². The molecule has 0 saturated heterocycles. The van der Waals surface area contributed by atoms with Crippen LogP contribution < -0.4 is 0 Å². The van der Waals surface area contributed by atoms with Crippen molar-refractivity contribution in [1.29, 1.82) is 0 Å². The minimum absolute atomic E-state index is 0.0161. The molecule has 0 atom stereocenters. The van der Waals surface area contributed by atoms with Crippen molar-refractivity contribution >= 4 is 16.0 Å². The number of fused-ring (bicyclic) bond motifs is 1. The number of carboxylic acid groups (broad SMARTS) is 1. The van der Waals surface area contributed by atoms with Gasteiger partial charge in [-0.15, -0.1) is 0 Å². The van der Waals surface area contributed by atoms with E-state index >= 15 is 0 Å². The van der Waals surface area contributed by atoms with Crippen LogP contribution in [-0.2, 0) is 23.0 Å². The van der Waals surface area contributed by atoms with Gasteiger partial charge in [0.25, 0.3) is 0 Å². The van der Waals surface area contributed by atoms with Gasteiger partial charge in [0, 0.05) is 13.1 Å². The van der Waals surface area contributed by atoms with Crippen LogP contribution >= 0.6 is 0 Å². The van der Waals surface area contributed by atoms with Gasteiger partial charge < -0.3 is 5.11 Å². The van der Waals surface area contributed by atoms with Crippen LogP contribution in [0.3, 0.4) is 0 Å². The van der Waals surface area contributed by atoms with Crippen LogP contribution in [0.2, 0.25) is 0 Å². The van der Waals surface area contributed by atoms with Gasteiger partial charge in [-0.05, 0) is 47.9 Å². The number of hydrogen-bond donors (Lipinski definition) is 1. The smallest absolute Gasteiger partial charge is 0.335 e. The molecular weight excluding hydrogens is 340 g/mol. The number of nitrogens with zero attached hydrogens (tertiary/aromatic N) is 1. The summed E-state index contributed by atoms with van der Waals surface area (Å²) in [4.78, 5) is 10.7. The predicted octanol–water partition coefficient (Wildman–Crippen LogP) is 2.41. The molecule has 0 saturated carbocycles. The number of halogens is 2. The number of hydrogen-bond acceptors (Lipinski definition) is 3. The molecule has 0 radical (unpaired) electrons. The average Bonchev–Trinajstić information content (AvgIpc) is 2.56. The SMILES string of the molecule is O=C(O)c1ccc2c(c1)CN(S(=O)(=O)c1ccc(F)c(F)c1)CC2. The summed E-state index contributed by atoms with van der Waals surface area (Å²) in [6, 6.07) is 7.00. The Bertz CT molecular complexity index is 928. The molecule has 0 aromatic heterocycles. The number of carbonyl (C=O) groups is 1. The maximum Gasteiger partial charge on any atom is 0.335 e. The van der Waals surface area contributed by atoms with Crippen LogP contribution in [0, 0.1) is 11.6 Å². The fourth-order valence-electron chi connectivity index (χ4n) is 2.66. The highest BCUT2D eigenvalue weighted by Gasteiger charge is 2.29. The third-order valence-electron chi connectivity index (χ3n) is 3.96. The molecule has 2 aromatic carbocycles. The summed E-state index contributed by atoms with van der Waals surface area (Å²) in [6.07, 6.45) is 0.415. The van der Waals surface area contributed by atoms with Crippen molar-refractivity contribution < 1.29 is 27.1 Å². The summed E-state index contributed by atoms with van der Waals surface area (Å²) in [5.74, 6) is -3.45. The van der Waals surface area contributed by atoms with Gasteiger partial charge in [-0.2, -0.15) is 4.31 Å². The van der Waals surface area contributed by atoms with Crippen molar-refractivity contribution in [3.8, 4) is 0 Å². The number of rotatable bonds is 3. The van der Waals surface area contributed by atoms with Gasteiger partial charge in [-0.25, -0.2) is 22.0 Å². The molecule has 24 heavy (non-hydrogen) atoms. The zero-order chi connectivity index (χ0) is 17.5. The molecule has 1 heterocycles. The Kier molecular flexibility index (Phi) is 4.10. The molecule has 0 spiro atoms. The highest BCUT2D eigenvalue weighted by Crippen LogP contribution is 2.26. The third kappa shape index (κ3) is 2.90. The molecule has 0 aliphatic carbocycles. The van der Waals surface area contributed by atoms with E-state index in [2.05, 4.69) is 0 Å². The van der Waals surface area contributed by atoms with E-state index in [1.807, 2.05) is 0 Å². The van der Waals surface area contributed by atoms with Crippen molar-refractivity contribution in [2.24, 2.45) is 0 Å². The first-order chi connectivity index (χ1) is 11.3. The first-order valence-corrected chi connectivity index (χ1v) is 8.53. The molecule has 1 aliphatic heterocycles. The van der Waals surface area contributed by atoms with Gasteiger partial charge in [-0.3, -0.25) is 0 Å². The molecule has 0 unspecified atom stereocenters. The lowest BCUT2D eigenvalue weighted by atomic mass is 9.99. The quantitative estimate of drug-likeness (QED) is 0.920. The molecule has 0 amide bonds. The zero-order valence-corrected chi connectivity index (χ0v) is 13.2. The van der Waals surface area contributed by atoms with E-state index in [1.165, 1.54) is 12.1 Å². The van der Waals surface area contributed by atoms with Gasteiger partial charge in [0.1, 0.15) is 0 Å². The second-order valence-electron chi connectivity index (χ2n) is 5.45. The Morgan fingerprint density at radius 2 is 1.79 bits per heavy atom. The Morgan fingerprint density at radius 1 is 1.04 bits per heavy atom. The van der Waals surface area contributed by atoms with Crippen LogP contribution in [0.5, 0.6) is 0 Å². The van der Waals surface area contributed by atoms with Crippen molar-refractivity contribution in [3.63, 3.8) is 0 Å². The van der Waals surface area contributed by atoms with Crippen LogP contribution in [-0.4, -0.2) is 30.3 Å². The Balaban J connectivity index is 1.95. The summed E-state index contributed by atoms with van der Waals surface area (Å²) in [5.41, 5.74) is 1.53. The van der Waals surface area contributed by atoms with Crippen molar-refractivity contribution in [2.75, 3.05) is 6.54 Å². The van der Waals surface area contributed by atoms with Crippen molar-refractivity contribution in [2.45, 2.75) is 17.9 Å². The van der Waals surface area contributed by atoms with Gasteiger partial charge in [0.15, 0.2) is 11.6 Å². The van der Waals surface area contributed by atoms with Crippen LogP contribution in [0.1, 0.15) is 21.5 Å². The summed E-state index contributed by atoms with van der Waals surface area (Å²) in [7, 11) is -4.00. The maximum atomic E-state index is 13.3. The summed E-state index contributed by atoms with van der Waals surface area (Å²) >= 11 is 0. The molecule has 0 fully saturated rings. The summed E-state index contributed by atoms with van der Waals surface area (Å²) in [5, 5.41) is 9.04. The molecular formula is C16H13F2NO4S. The summed E-state index contributed by atoms with van der Waals surface area (Å²) in [6.45, 7) is 0.165. The van der Waals surface area contributed by atoms with E-state index in [1.54, 1.807) is 6.07 Å². The minimum Gasteiger partial charge on any atom is -0.478 e. The predicted molar refractivity (Wildman–Crippen MR) is 81.1 cm³/mol. The molecule has 126 valence electrons. The normalized spacial score (nSPS) is 15.1. The molecule has 1 aliphatic rings. The monoisotopic (exact) mass is 353 g/mol. The number of sulfonamides is 1. The Labute approximate surface area is 137 Å². The van der Waals surface area contributed by atoms with Crippen molar-refractivity contribution in [3.05, 3.63) is 64.7 Å². The van der Waals surface area contributed by atoms with Gasteiger partial charge >= 0.3 is 5.97 Å². The number of carboxylic acids is 1. The molecule has 2 aromatic rings. The van der Waals surface area contributed by atoms with Gasteiger partial charge in [0.05, 0.1) is 10.5 Å². The first kappa shape index (κ1) is 16.5. The third-order valence-corrected chi connectivity index (χ3v) is 5.80. The standard InChI is InChI=1S/C16H13F2NO4S/c17-14-4-3-13(8-15(14)18)24(22,23)19-6-5-10-1-2-11(16(20)21)7-12(10)9-19/h1-4,7-8H,5-6,9H2,(H,20,21). The lowest BCUT2D eigenvalue weighted by Gasteiger charge is -2.28. The average molecular weight is 353 g/mol. The maximum absolute atomic E-state index is 13.3. The molecule has 1 N–H and O–H groups in total. The van der Waals surface area contributed by atoms with Crippen LogP contribution in [0.25, 0.3) is 0 Å². The van der Waals surface area contributed by atoms with E-state index in [4.69, 9.17) is 5.11 Å². The molecule has 3 rings (SSSR count). The van der Waals surface area contributed by atoms with Crippen molar-refractivity contribution in [1.82, 2.24) is 4.31 Å². The number of aromatic carboxylic acids is 1. The van der Waals surface area contributed by atoms with E-state index in [9.17, 15) is 22.0 Å². The second kappa shape index (κ2) is 5.95.